The van der Waals surface area contributed by atoms with Gasteiger partial charge < -0.3 is 20.7 Å². The standard InChI is InChI=1S/C10H12BrN3O4/c11-4-10(5-15)6(16)3-8(18-10)14-2-1-7(12)13-9(14)17/h1-3,6,15-16H,4-5H2,(H2,12,13,17)/t6-,10+/m0/s1. The highest BCUT2D eigenvalue weighted by Gasteiger charge is 2.44. The molecule has 1 aromatic heterocycles. The van der Waals surface area contributed by atoms with Crippen molar-refractivity contribution in [3.63, 3.8) is 0 Å². The maximum atomic E-state index is 11.6. The van der Waals surface area contributed by atoms with E-state index in [0.717, 1.165) is 4.57 Å². The van der Waals surface area contributed by atoms with Crippen molar-refractivity contribution in [3.05, 3.63) is 28.8 Å². The average molecular weight is 318 g/mol. The number of alkyl halides is 1. The van der Waals surface area contributed by atoms with Crippen molar-refractivity contribution in [1.82, 2.24) is 9.55 Å². The van der Waals surface area contributed by atoms with Crippen LogP contribution in [0.25, 0.3) is 5.88 Å². The van der Waals surface area contributed by atoms with Crippen molar-refractivity contribution < 1.29 is 14.9 Å². The summed E-state index contributed by atoms with van der Waals surface area (Å²) in [5, 5.41) is 19.4. The first kappa shape index (κ1) is 13.1. The van der Waals surface area contributed by atoms with Crippen molar-refractivity contribution in [2.75, 3.05) is 17.7 Å². The van der Waals surface area contributed by atoms with E-state index in [9.17, 15) is 15.0 Å². The second-order valence-electron chi connectivity index (χ2n) is 3.91. The van der Waals surface area contributed by atoms with Crippen LogP contribution in [0, 0.1) is 0 Å². The van der Waals surface area contributed by atoms with Crippen LogP contribution in [0.3, 0.4) is 0 Å². The summed E-state index contributed by atoms with van der Waals surface area (Å²) < 4.78 is 6.57. The van der Waals surface area contributed by atoms with Gasteiger partial charge in [-0.25, -0.2) is 9.36 Å². The number of ether oxygens (including phenoxy) is 1. The van der Waals surface area contributed by atoms with Crippen LogP contribution in [0.15, 0.2) is 23.1 Å². The Bertz CT molecular complexity index is 538. The Morgan fingerprint density at radius 3 is 2.89 bits per heavy atom. The van der Waals surface area contributed by atoms with Gasteiger partial charge in [-0.05, 0) is 6.07 Å². The SMILES string of the molecule is Nc1ccn(C2=C[C@H](O)[C@](CO)(CBr)O2)c(=O)n1. The van der Waals surface area contributed by atoms with Gasteiger partial charge in [-0.1, -0.05) is 15.9 Å². The minimum Gasteiger partial charge on any atom is -0.466 e. The fourth-order valence-corrected chi connectivity index (χ4v) is 2.20. The third-order valence-corrected chi connectivity index (χ3v) is 3.65. The van der Waals surface area contributed by atoms with Crippen molar-refractivity contribution in [2.45, 2.75) is 11.7 Å². The number of halogens is 1. The van der Waals surface area contributed by atoms with Crippen molar-refractivity contribution in [3.8, 4) is 0 Å². The number of aromatic nitrogens is 2. The molecule has 0 aliphatic carbocycles. The lowest BCUT2D eigenvalue weighted by atomic mass is 10.0. The highest BCUT2D eigenvalue weighted by molar-refractivity contribution is 9.09. The topological polar surface area (TPSA) is 111 Å². The first-order chi connectivity index (χ1) is 8.52. The van der Waals surface area contributed by atoms with E-state index in [-0.39, 0.29) is 17.0 Å². The van der Waals surface area contributed by atoms with Gasteiger partial charge in [0, 0.05) is 17.6 Å². The lowest BCUT2D eigenvalue weighted by molar-refractivity contribution is -0.0510. The van der Waals surface area contributed by atoms with E-state index in [1.54, 1.807) is 0 Å². The Balaban J connectivity index is 2.37. The third kappa shape index (κ3) is 2.02. The fraction of sp³-hybridized carbons (Fsp3) is 0.400. The van der Waals surface area contributed by atoms with Crippen LogP contribution in [-0.2, 0) is 4.74 Å². The molecule has 2 rings (SSSR count). The van der Waals surface area contributed by atoms with Crippen molar-refractivity contribution in [1.29, 1.82) is 0 Å². The van der Waals surface area contributed by atoms with E-state index < -0.39 is 24.0 Å². The molecule has 0 amide bonds. The number of anilines is 1. The first-order valence-corrected chi connectivity index (χ1v) is 6.26. The van der Waals surface area contributed by atoms with E-state index in [2.05, 4.69) is 20.9 Å². The van der Waals surface area contributed by atoms with Gasteiger partial charge in [0.1, 0.15) is 11.9 Å². The van der Waals surface area contributed by atoms with Crippen LogP contribution in [0.2, 0.25) is 0 Å². The molecule has 0 aromatic carbocycles. The van der Waals surface area contributed by atoms with Crippen LogP contribution in [-0.4, -0.2) is 43.4 Å². The quantitative estimate of drug-likeness (QED) is 0.626. The van der Waals surface area contributed by atoms with E-state index in [1.165, 1.54) is 18.3 Å². The molecule has 2 atom stereocenters. The Labute approximate surface area is 111 Å². The Morgan fingerprint density at radius 1 is 1.67 bits per heavy atom. The molecule has 98 valence electrons. The van der Waals surface area contributed by atoms with Gasteiger partial charge in [-0.2, -0.15) is 4.98 Å². The summed E-state index contributed by atoms with van der Waals surface area (Å²) in [4.78, 5) is 15.2. The van der Waals surface area contributed by atoms with E-state index in [4.69, 9.17) is 10.5 Å². The molecule has 0 bridgehead atoms. The first-order valence-electron chi connectivity index (χ1n) is 5.14. The average Bonchev–Trinajstić information content (AvgIpc) is 2.67. The molecule has 0 unspecified atom stereocenters. The zero-order valence-electron chi connectivity index (χ0n) is 9.28. The summed E-state index contributed by atoms with van der Waals surface area (Å²) in [6.07, 6.45) is 1.71. The normalized spacial score (nSPS) is 26.8. The zero-order chi connectivity index (χ0) is 13.3. The highest BCUT2D eigenvalue weighted by atomic mass is 79.9. The molecule has 0 spiro atoms. The van der Waals surface area contributed by atoms with Crippen LogP contribution < -0.4 is 11.4 Å². The maximum Gasteiger partial charge on any atom is 0.356 e. The van der Waals surface area contributed by atoms with Crippen LogP contribution >= 0.6 is 15.9 Å². The number of hydrogen-bond donors (Lipinski definition) is 3. The highest BCUT2D eigenvalue weighted by Crippen LogP contribution is 2.31. The molecule has 0 saturated heterocycles. The molecule has 0 radical (unpaired) electrons. The number of rotatable bonds is 3. The molecular weight excluding hydrogens is 306 g/mol. The Morgan fingerprint density at radius 2 is 2.39 bits per heavy atom. The predicted molar refractivity (Wildman–Crippen MR) is 67.9 cm³/mol. The summed E-state index contributed by atoms with van der Waals surface area (Å²) in [5.74, 6) is 0.220. The molecule has 8 heteroatoms. The third-order valence-electron chi connectivity index (χ3n) is 2.70. The predicted octanol–water partition coefficient (Wildman–Crippen LogP) is -0.859. The largest absolute Gasteiger partial charge is 0.466 e. The zero-order valence-corrected chi connectivity index (χ0v) is 10.9. The number of nitrogens with zero attached hydrogens (tertiary/aromatic N) is 2. The van der Waals surface area contributed by atoms with E-state index in [0.29, 0.717) is 0 Å². The molecule has 4 N–H and O–H groups in total. The molecule has 0 saturated carbocycles. The van der Waals surface area contributed by atoms with Crippen LogP contribution in [0.5, 0.6) is 0 Å². The molecule has 1 aliphatic heterocycles. The maximum absolute atomic E-state index is 11.6. The fourth-order valence-electron chi connectivity index (χ4n) is 1.58. The molecular formula is C10H12BrN3O4. The summed E-state index contributed by atoms with van der Waals surface area (Å²) in [6, 6.07) is 1.44. The number of nitrogens with two attached hydrogens (primary N) is 1. The number of hydrogen-bond acceptors (Lipinski definition) is 6. The minimum atomic E-state index is -1.18. The summed E-state index contributed by atoms with van der Waals surface area (Å²) in [6.45, 7) is -0.392. The molecule has 2 heterocycles. The van der Waals surface area contributed by atoms with E-state index >= 15 is 0 Å². The Kier molecular flexibility index (Phi) is 3.42. The van der Waals surface area contributed by atoms with Gasteiger partial charge in [0.25, 0.3) is 0 Å². The molecule has 7 nitrogen and oxygen atoms in total. The monoisotopic (exact) mass is 317 g/mol. The van der Waals surface area contributed by atoms with E-state index in [1.807, 2.05) is 0 Å². The number of nitrogen functional groups attached to an aromatic ring is 1. The van der Waals surface area contributed by atoms with Gasteiger partial charge in [0.15, 0.2) is 5.60 Å². The van der Waals surface area contributed by atoms with Crippen LogP contribution in [0.4, 0.5) is 5.82 Å². The van der Waals surface area contributed by atoms with Crippen molar-refractivity contribution in [2.24, 2.45) is 0 Å². The molecule has 18 heavy (non-hydrogen) atoms. The lowest BCUT2D eigenvalue weighted by Gasteiger charge is -2.28. The lowest BCUT2D eigenvalue weighted by Crippen LogP contribution is -2.45. The molecule has 1 aliphatic rings. The molecule has 1 aromatic rings. The molecule has 0 fully saturated rings. The smallest absolute Gasteiger partial charge is 0.356 e. The van der Waals surface area contributed by atoms with Gasteiger partial charge >= 0.3 is 5.69 Å². The second-order valence-corrected chi connectivity index (χ2v) is 4.47. The summed E-state index contributed by atoms with van der Waals surface area (Å²) in [5.41, 5.74) is 3.58. The second kappa shape index (κ2) is 4.71. The number of aliphatic hydroxyl groups is 2. The van der Waals surface area contributed by atoms with Gasteiger partial charge in [0.05, 0.1) is 6.61 Å². The van der Waals surface area contributed by atoms with Crippen molar-refractivity contribution >= 4 is 27.6 Å². The van der Waals surface area contributed by atoms with Crippen LogP contribution in [0.1, 0.15) is 0 Å². The number of aliphatic hydroxyl groups excluding tert-OH is 2. The summed E-state index contributed by atoms with van der Waals surface area (Å²) >= 11 is 3.16. The Hall–Kier alpha value is -1.38. The summed E-state index contributed by atoms with van der Waals surface area (Å²) in [7, 11) is 0. The van der Waals surface area contributed by atoms with Gasteiger partial charge in [0.2, 0.25) is 5.88 Å². The van der Waals surface area contributed by atoms with Gasteiger partial charge in [-0.3, -0.25) is 0 Å². The van der Waals surface area contributed by atoms with Gasteiger partial charge in [-0.15, -0.1) is 0 Å². The minimum absolute atomic E-state index is 0.101.